The lowest BCUT2D eigenvalue weighted by atomic mass is 9.97. The summed E-state index contributed by atoms with van der Waals surface area (Å²) >= 11 is 0. The van der Waals surface area contributed by atoms with Gasteiger partial charge in [0.15, 0.2) is 5.78 Å². The quantitative estimate of drug-likeness (QED) is 0.422. The van der Waals surface area contributed by atoms with E-state index in [-0.39, 0.29) is 12.0 Å². The number of amides is 1. The lowest BCUT2D eigenvalue weighted by molar-refractivity contribution is -0.121. The highest BCUT2D eigenvalue weighted by Crippen LogP contribution is 2.31. The Morgan fingerprint density at radius 3 is 2.47 bits per heavy atom. The fourth-order valence-corrected chi connectivity index (χ4v) is 4.29. The molecule has 0 saturated heterocycles. The molecule has 4 heteroatoms. The Morgan fingerprint density at radius 1 is 0.967 bits per heavy atom. The number of benzene rings is 1. The van der Waals surface area contributed by atoms with Crippen molar-refractivity contribution in [3.63, 3.8) is 0 Å². The van der Waals surface area contributed by atoms with Crippen molar-refractivity contribution in [2.75, 3.05) is 0 Å². The van der Waals surface area contributed by atoms with E-state index in [2.05, 4.69) is 17.4 Å². The molecule has 30 heavy (non-hydrogen) atoms. The number of aliphatic hydroxyl groups excluding tert-OH is 1. The van der Waals surface area contributed by atoms with Crippen LogP contribution in [0.4, 0.5) is 0 Å². The molecule has 2 N–H and O–H groups in total. The van der Waals surface area contributed by atoms with Crippen molar-refractivity contribution in [2.24, 2.45) is 0 Å². The average Bonchev–Trinajstić information content (AvgIpc) is 3.50. The van der Waals surface area contributed by atoms with Crippen LogP contribution in [-0.2, 0) is 16.0 Å². The number of hydrogen-bond donors (Lipinski definition) is 2. The van der Waals surface area contributed by atoms with Crippen molar-refractivity contribution in [2.45, 2.75) is 102 Å². The van der Waals surface area contributed by atoms with E-state index in [1.807, 2.05) is 18.2 Å². The van der Waals surface area contributed by atoms with Crippen molar-refractivity contribution in [1.29, 1.82) is 0 Å². The lowest BCUT2D eigenvalue weighted by Crippen LogP contribution is -2.24. The molecule has 1 aromatic rings. The van der Waals surface area contributed by atoms with E-state index in [0.29, 0.717) is 24.7 Å². The number of Topliss-reactive ketones (excluding diaryl/α,β-unsaturated/α-hetero) is 1. The van der Waals surface area contributed by atoms with Gasteiger partial charge in [-0.3, -0.25) is 9.59 Å². The average molecular weight is 412 g/mol. The lowest BCUT2D eigenvalue weighted by Gasteiger charge is -2.12. The topological polar surface area (TPSA) is 66.4 Å². The van der Waals surface area contributed by atoms with Crippen LogP contribution in [0.2, 0.25) is 0 Å². The molecule has 2 aliphatic rings. The van der Waals surface area contributed by atoms with E-state index >= 15 is 0 Å². The smallest absolute Gasteiger partial charge is 0.220 e. The van der Waals surface area contributed by atoms with Gasteiger partial charge >= 0.3 is 0 Å². The van der Waals surface area contributed by atoms with Crippen LogP contribution < -0.4 is 5.32 Å². The van der Waals surface area contributed by atoms with Gasteiger partial charge in [0.05, 0.1) is 6.10 Å². The van der Waals surface area contributed by atoms with E-state index in [1.54, 1.807) is 0 Å². The molecule has 1 fully saturated rings. The molecule has 164 valence electrons. The van der Waals surface area contributed by atoms with Crippen LogP contribution in [0.25, 0.3) is 0 Å². The van der Waals surface area contributed by atoms with Gasteiger partial charge in [-0.1, -0.05) is 48.7 Å². The van der Waals surface area contributed by atoms with Crippen LogP contribution >= 0.6 is 0 Å². The molecule has 0 unspecified atom stereocenters. The highest BCUT2D eigenvalue weighted by Gasteiger charge is 2.23. The van der Waals surface area contributed by atoms with Gasteiger partial charge in [0, 0.05) is 18.9 Å². The van der Waals surface area contributed by atoms with E-state index in [0.717, 1.165) is 82.6 Å². The monoisotopic (exact) mass is 411 g/mol. The molecule has 4 nitrogen and oxygen atoms in total. The summed E-state index contributed by atoms with van der Waals surface area (Å²) in [6.45, 7) is 0. The molecular weight excluding hydrogens is 374 g/mol. The zero-order valence-corrected chi connectivity index (χ0v) is 18.2. The minimum absolute atomic E-state index is 0.194. The van der Waals surface area contributed by atoms with Gasteiger partial charge in [0.1, 0.15) is 0 Å². The molecule has 0 heterocycles. The normalized spacial score (nSPS) is 17.4. The predicted octanol–water partition coefficient (Wildman–Crippen LogP) is 5.04. The molecule has 1 saturated carbocycles. The largest absolute Gasteiger partial charge is 0.393 e. The second-order valence-electron chi connectivity index (χ2n) is 8.98. The second-order valence-corrected chi connectivity index (χ2v) is 8.98. The van der Waals surface area contributed by atoms with Crippen molar-refractivity contribution in [1.82, 2.24) is 5.32 Å². The zero-order chi connectivity index (χ0) is 21.2. The van der Waals surface area contributed by atoms with E-state index in [9.17, 15) is 14.7 Å². The van der Waals surface area contributed by atoms with Crippen molar-refractivity contribution < 1.29 is 14.7 Å². The standard InChI is InChI=1S/C26H37NO3/c28-23(17-12-20-8-4-3-5-9-20)18-13-21-14-19-25(29)24(21)10-6-1-2-7-11-26(30)27-22-15-16-22/h3-5,8-9,22-23,28H,1-2,6-7,10-19H2,(H,27,30)/t23-/m0/s1. The number of rotatable bonds is 14. The predicted molar refractivity (Wildman–Crippen MR) is 120 cm³/mol. The van der Waals surface area contributed by atoms with Gasteiger partial charge in [-0.25, -0.2) is 0 Å². The molecule has 1 aromatic carbocycles. The minimum atomic E-state index is -0.309. The second kappa shape index (κ2) is 12.0. The molecule has 3 rings (SSSR count). The summed E-state index contributed by atoms with van der Waals surface area (Å²) in [5.41, 5.74) is 3.58. The Hall–Kier alpha value is -1.94. The van der Waals surface area contributed by atoms with Crippen LogP contribution in [-0.4, -0.2) is 28.9 Å². The molecule has 0 aromatic heterocycles. The van der Waals surface area contributed by atoms with Crippen LogP contribution in [0.1, 0.15) is 89.0 Å². The first-order valence-corrected chi connectivity index (χ1v) is 11.9. The van der Waals surface area contributed by atoms with Gasteiger partial charge in [-0.05, 0) is 75.3 Å². The Balaban J connectivity index is 1.31. The SMILES string of the molecule is O=C(CCCCCCC1=C(CC[C@@H](O)CCc2ccccc2)CCC1=O)NC1CC1. The number of carbonyl (C=O) groups excluding carboxylic acids is 2. The minimum Gasteiger partial charge on any atom is -0.393 e. The van der Waals surface area contributed by atoms with Gasteiger partial charge in [0.25, 0.3) is 0 Å². The Labute approximate surface area is 181 Å². The van der Waals surface area contributed by atoms with Crippen molar-refractivity contribution in [3.8, 4) is 0 Å². The summed E-state index contributed by atoms with van der Waals surface area (Å²) < 4.78 is 0. The molecule has 1 atom stereocenters. The Morgan fingerprint density at radius 2 is 1.70 bits per heavy atom. The van der Waals surface area contributed by atoms with Crippen LogP contribution in [0, 0.1) is 0 Å². The third-order valence-corrected chi connectivity index (χ3v) is 6.33. The number of ketones is 1. The summed E-state index contributed by atoms with van der Waals surface area (Å²) in [6.07, 6.45) is 12.3. The molecular formula is C26H37NO3. The highest BCUT2D eigenvalue weighted by atomic mass is 16.3. The molecule has 0 spiro atoms. The van der Waals surface area contributed by atoms with Crippen LogP contribution in [0.15, 0.2) is 41.5 Å². The summed E-state index contributed by atoms with van der Waals surface area (Å²) in [6, 6.07) is 10.7. The fraction of sp³-hybridized carbons (Fsp3) is 0.615. The number of carbonyl (C=O) groups is 2. The number of nitrogens with one attached hydrogen (secondary N) is 1. The summed E-state index contributed by atoms with van der Waals surface area (Å²) in [4.78, 5) is 24.0. The number of unbranched alkanes of at least 4 members (excludes halogenated alkanes) is 3. The molecule has 0 radical (unpaired) electrons. The maximum absolute atomic E-state index is 12.3. The molecule has 0 aliphatic heterocycles. The summed E-state index contributed by atoms with van der Waals surface area (Å²) in [5, 5.41) is 13.4. The van der Waals surface area contributed by atoms with Gasteiger partial charge in [0.2, 0.25) is 5.91 Å². The van der Waals surface area contributed by atoms with Gasteiger partial charge in [-0.15, -0.1) is 0 Å². The summed E-state index contributed by atoms with van der Waals surface area (Å²) in [5.74, 6) is 0.506. The molecule has 1 amide bonds. The number of allylic oxidation sites excluding steroid dienone is 2. The number of aryl methyl sites for hydroxylation is 1. The van der Waals surface area contributed by atoms with E-state index in [4.69, 9.17) is 0 Å². The fourth-order valence-electron chi connectivity index (χ4n) is 4.29. The molecule has 2 aliphatic carbocycles. The third-order valence-electron chi connectivity index (χ3n) is 6.33. The van der Waals surface area contributed by atoms with E-state index in [1.165, 1.54) is 11.1 Å². The van der Waals surface area contributed by atoms with Crippen LogP contribution in [0.5, 0.6) is 0 Å². The van der Waals surface area contributed by atoms with Gasteiger partial charge < -0.3 is 10.4 Å². The van der Waals surface area contributed by atoms with Crippen molar-refractivity contribution >= 4 is 11.7 Å². The van der Waals surface area contributed by atoms with Crippen LogP contribution in [0.3, 0.4) is 0 Å². The third kappa shape index (κ3) is 8.06. The number of aliphatic hydroxyl groups is 1. The Kier molecular flexibility index (Phi) is 9.13. The first-order valence-electron chi connectivity index (χ1n) is 11.9. The molecule has 0 bridgehead atoms. The highest BCUT2D eigenvalue weighted by molar-refractivity contribution is 5.98. The first kappa shape index (κ1) is 22.7. The number of hydrogen-bond acceptors (Lipinski definition) is 3. The zero-order valence-electron chi connectivity index (χ0n) is 18.2. The maximum atomic E-state index is 12.3. The summed E-state index contributed by atoms with van der Waals surface area (Å²) in [7, 11) is 0. The van der Waals surface area contributed by atoms with Crippen molar-refractivity contribution in [3.05, 3.63) is 47.0 Å². The Bertz CT molecular complexity index is 721. The maximum Gasteiger partial charge on any atom is 0.220 e. The van der Waals surface area contributed by atoms with E-state index < -0.39 is 0 Å². The first-order chi connectivity index (χ1) is 14.6. The van der Waals surface area contributed by atoms with Gasteiger partial charge in [-0.2, -0.15) is 0 Å².